The summed E-state index contributed by atoms with van der Waals surface area (Å²) in [6.07, 6.45) is 1.38. The SMILES string of the molecule is CC(=O)Nc1ncc2c(n1)CN1CC2N(OS(=O)(=O)O)C1=O. The molecule has 2 N–H and O–H groups in total. The van der Waals surface area contributed by atoms with E-state index in [1.807, 2.05) is 0 Å². The van der Waals surface area contributed by atoms with Crippen LogP contribution in [-0.2, 0) is 26.0 Å². The first-order chi connectivity index (χ1) is 10.2. The van der Waals surface area contributed by atoms with Gasteiger partial charge in [0.2, 0.25) is 11.9 Å². The molecule has 0 radical (unpaired) electrons. The normalized spacial score (nSPS) is 20.1. The highest BCUT2D eigenvalue weighted by Gasteiger charge is 2.46. The van der Waals surface area contributed by atoms with Gasteiger partial charge in [-0.25, -0.2) is 14.8 Å². The zero-order chi connectivity index (χ0) is 16.1. The van der Waals surface area contributed by atoms with E-state index in [9.17, 15) is 18.0 Å². The van der Waals surface area contributed by atoms with Crippen LogP contribution >= 0.6 is 0 Å². The van der Waals surface area contributed by atoms with Crippen LogP contribution < -0.4 is 5.32 Å². The van der Waals surface area contributed by atoms with E-state index < -0.39 is 22.5 Å². The molecule has 22 heavy (non-hydrogen) atoms. The van der Waals surface area contributed by atoms with Gasteiger partial charge in [0.05, 0.1) is 18.8 Å². The topological polar surface area (TPSA) is 142 Å². The molecule has 11 nitrogen and oxygen atoms in total. The molecule has 1 unspecified atom stereocenters. The fraction of sp³-hybridized carbons (Fsp3) is 0.400. The molecule has 3 heterocycles. The number of aromatic nitrogens is 2. The highest BCUT2D eigenvalue weighted by molar-refractivity contribution is 7.80. The molecule has 1 aromatic heterocycles. The van der Waals surface area contributed by atoms with E-state index in [2.05, 4.69) is 19.6 Å². The lowest BCUT2D eigenvalue weighted by Crippen LogP contribution is -2.32. The fourth-order valence-electron chi connectivity index (χ4n) is 2.41. The van der Waals surface area contributed by atoms with Gasteiger partial charge in [-0.2, -0.15) is 13.5 Å². The van der Waals surface area contributed by atoms with Crippen LogP contribution in [0.4, 0.5) is 10.7 Å². The number of hydroxylamine groups is 2. The third-order valence-electron chi connectivity index (χ3n) is 3.20. The number of urea groups is 1. The Kier molecular flexibility index (Phi) is 3.23. The molecular formula is C10H11N5O6S. The van der Waals surface area contributed by atoms with Crippen molar-refractivity contribution in [2.75, 3.05) is 11.9 Å². The molecule has 12 heteroatoms. The molecule has 0 saturated carbocycles. The van der Waals surface area contributed by atoms with Crippen molar-refractivity contribution in [2.24, 2.45) is 0 Å². The number of fused-ring (bicyclic) bond motifs is 4. The van der Waals surface area contributed by atoms with Crippen LogP contribution in [0.25, 0.3) is 0 Å². The molecule has 1 atom stereocenters. The standard InChI is InChI=1S/C10H11N5O6S/c1-5(16)12-9-11-2-6-7(13-9)3-14-4-8(6)15(10(14)17)21-22(18,19)20/h2,8H,3-4H2,1H3,(H,18,19,20)(H,11,12,13,16). The Bertz CT molecular complexity index is 765. The largest absolute Gasteiger partial charge is 0.418 e. The van der Waals surface area contributed by atoms with E-state index in [0.717, 1.165) is 0 Å². The highest BCUT2D eigenvalue weighted by atomic mass is 32.3. The lowest BCUT2D eigenvalue weighted by molar-refractivity contribution is -0.114. The van der Waals surface area contributed by atoms with Gasteiger partial charge in [-0.3, -0.25) is 14.7 Å². The second-order valence-electron chi connectivity index (χ2n) is 4.78. The summed E-state index contributed by atoms with van der Waals surface area (Å²) in [4.78, 5) is 32.4. The van der Waals surface area contributed by atoms with Crippen molar-refractivity contribution in [2.45, 2.75) is 19.5 Å². The van der Waals surface area contributed by atoms with Crippen molar-refractivity contribution < 1.29 is 26.8 Å². The van der Waals surface area contributed by atoms with E-state index in [4.69, 9.17) is 4.55 Å². The molecule has 1 saturated heterocycles. The quantitative estimate of drug-likeness (QED) is 0.704. The molecule has 0 aromatic carbocycles. The number of hydrogen-bond acceptors (Lipinski definition) is 7. The summed E-state index contributed by atoms with van der Waals surface area (Å²) in [6, 6.07) is -1.47. The summed E-state index contributed by atoms with van der Waals surface area (Å²) in [5.74, 6) is -0.255. The molecule has 2 aliphatic rings. The van der Waals surface area contributed by atoms with Crippen LogP contribution in [0.5, 0.6) is 0 Å². The molecule has 1 aromatic rings. The molecule has 2 bridgehead atoms. The first kappa shape index (κ1) is 14.6. The average molecular weight is 329 g/mol. The van der Waals surface area contributed by atoms with Crippen LogP contribution in [0.15, 0.2) is 6.20 Å². The van der Waals surface area contributed by atoms with E-state index in [1.54, 1.807) is 0 Å². The van der Waals surface area contributed by atoms with E-state index in [0.29, 0.717) is 16.3 Å². The smallest absolute Gasteiger partial charge is 0.314 e. The minimum Gasteiger partial charge on any atom is -0.314 e. The van der Waals surface area contributed by atoms with Gasteiger partial charge < -0.3 is 4.90 Å². The molecule has 0 spiro atoms. The van der Waals surface area contributed by atoms with Crippen molar-refractivity contribution in [3.8, 4) is 0 Å². The van der Waals surface area contributed by atoms with E-state index in [1.165, 1.54) is 18.0 Å². The second kappa shape index (κ2) is 4.86. The number of carbonyl (C=O) groups is 2. The van der Waals surface area contributed by atoms with Gasteiger partial charge in [0.15, 0.2) is 0 Å². The average Bonchev–Trinajstić information content (AvgIpc) is 2.62. The maximum absolute atomic E-state index is 12.0. The number of amides is 3. The van der Waals surface area contributed by atoms with Gasteiger partial charge in [0, 0.05) is 18.7 Å². The molecule has 1 fully saturated rings. The van der Waals surface area contributed by atoms with E-state index >= 15 is 0 Å². The Morgan fingerprint density at radius 1 is 1.55 bits per heavy atom. The summed E-state index contributed by atoms with van der Waals surface area (Å²) in [5.41, 5.74) is 0.949. The van der Waals surface area contributed by atoms with Crippen molar-refractivity contribution >= 4 is 28.3 Å². The zero-order valence-corrected chi connectivity index (χ0v) is 12.1. The Hall–Kier alpha value is -2.31. The van der Waals surface area contributed by atoms with Gasteiger partial charge in [-0.1, -0.05) is 0 Å². The second-order valence-corrected chi connectivity index (χ2v) is 5.79. The minimum absolute atomic E-state index is 0.0865. The Balaban J connectivity index is 1.95. The molecule has 3 amide bonds. The van der Waals surface area contributed by atoms with Crippen molar-refractivity contribution in [1.82, 2.24) is 19.9 Å². The predicted molar refractivity (Wildman–Crippen MR) is 69.4 cm³/mol. The lowest BCUT2D eigenvalue weighted by Gasteiger charge is -2.23. The Morgan fingerprint density at radius 2 is 2.27 bits per heavy atom. The van der Waals surface area contributed by atoms with Crippen molar-refractivity contribution in [3.05, 3.63) is 17.5 Å². The fourth-order valence-corrected chi connectivity index (χ4v) is 2.78. The van der Waals surface area contributed by atoms with Crippen LogP contribution in [-0.4, -0.2) is 51.4 Å². The molecule has 0 aliphatic carbocycles. The number of rotatable bonds is 3. The maximum atomic E-state index is 12.0. The summed E-state index contributed by atoms with van der Waals surface area (Å²) < 4.78 is 34.8. The zero-order valence-electron chi connectivity index (χ0n) is 11.3. The van der Waals surface area contributed by atoms with Crippen molar-refractivity contribution in [3.63, 3.8) is 0 Å². The van der Waals surface area contributed by atoms with Gasteiger partial charge in [-0.15, -0.1) is 4.28 Å². The number of nitrogens with zero attached hydrogens (tertiary/aromatic N) is 4. The van der Waals surface area contributed by atoms with E-state index in [-0.39, 0.29) is 24.9 Å². The summed E-state index contributed by atoms with van der Waals surface area (Å²) in [6.45, 7) is 1.61. The number of nitrogens with one attached hydrogen (secondary N) is 1. The number of carbonyl (C=O) groups excluding carboxylic acids is 2. The van der Waals surface area contributed by atoms with Crippen molar-refractivity contribution in [1.29, 1.82) is 0 Å². The van der Waals surface area contributed by atoms with Crippen LogP contribution in [0.2, 0.25) is 0 Å². The highest BCUT2D eigenvalue weighted by Crippen LogP contribution is 2.37. The first-order valence-electron chi connectivity index (χ1n) is 6.13. The third-order valence-corrected chi connectivity index (χ3v) is 3.55. The molecule has 3 rings (SSSR count). The number of hydrogen-bond donors (Lipinski definition) is 2. The molecule has 118 valence electrons. The minimum atomic E-state index is -4.83. The van der Waals surface area contributed by atoms with Gasteiger partial charge in [0.25, 0.3) is 0 Å². The lowest BCUT2D eigenvalue weighted by atomic mass is 10.0. The summed E-state index contributed by atoms with van der Waals surface area (Å²) in [5, 5.41) is 2.99. The Morgan fingerprint density at radius 3 is 2.91 bits per heavy atom. The summed E-state index contributed by atoms with van der Waals surface area (Å²) in [7, 11) is -4.83. The molecule has 2 aliphatic heterocycles. The first-order valence-corrected chi connectivity index (χ1v) is 7.49. The summed E-state index contributed by atoms with van der Waals surface area (Å²) >= 11 is 0. The van der Waals surface area contributed by atoms with Gasteiger partial charge >= 0.3 is 16.4 Å². The predicted octanol–water partition coefficient (Wildman–Crippen LogP) is -0.538. The Labute approximate surface area is 124 Å². The van der Waals surface area contributed by atoms with Gasteiger partial charge in [-0.05, 0) is 0 Å². The van der Waals surface area contributed by atoms with Crippen LogP contribution in [0, 0.1) is 0 Å². The number of anilines is 1. The monoisotopic (exact) mass is 329 g/mol. The third kappa shape index (κ3) is 2.58. The van der Waals surface area contributed by atoms with Crippen LogP contribution in [0.3, 0.4) is 0 Å². The van der Waals surface area contributed by atoms with Gasteiger partial charge in [0.1, 0.15) is 6.04 Å². The van der Waals surface area contributed by atoms with Crippen LogP contribution in [0.1, 0.15) is 24.2 Å². The maximum Gasteiger partial charge on any atom is 0.418 e. The molecular weight excluding hydrogens is 318 g/mol.